The Bertz CT molecular complexity index is 774. The highest BCUT2D eigenvalue weighted by molar-refractivity contribution is 5.70. The molecule has 0 aliphatic carbocycles. The molecule has 0 N–H and O–H groups in total. The van der Waals surface area contributed by atoms with E-state index in [1.165, 1.54) is 12.1 Å². The summed E-state index contributed by atoms with van der Waals surface area (Å²) < 4.78 is 49.8. The van der Waals surface area contributed by atoms with Crippen molar-refractivity contribution in [3.05, 3.63) is 65.7 Å². The Kier molecular flexibility index (Phi) is 7.67. The molecule has 1 unspecified atom stereocenters. The van der Waals surface area contributed by atoms with Gasteiger partial charge in [0.1, 0.15) is 11.9 Å². The smallest absolute Gasteiger partial charge is 0.416 e. The average Bonchev–Trinajstić information content (AvgIpc) is 2.65. The van der Waals surface area contributed by atoms with Gasteiger partial charge < -0.3 is 14.0 Å². The van der Waals surface area contributed by atoms with Gasteiger partial charge in [-0.3, -0.25) is 0 Å². The average molecular weight is 410 g/mol. The maximum Gasteiger partial charge on any atom is 0.416 e. The Morgan fingerprint density at radius 1 is 1.03 bits per heavy atom. The van der Waals surface area contributed by atoms with Gasteiger partial charge in [-0.25, -0.2) is 4.79 Å². The number of rotatable bonds is 9. The molecule has 0 aromatic heterocycles. The largest absolute Gasteiger partial charge is 0.486 e. The lowest BCUT2D eigenvalue weighted by Crippen LogP contribution is -2.45. The number of esters is 1. The molecule has 2 rings (SSSR count). The van der Waals surface area contributed by atoms with Crippen molar-refractivity contribution in [1.29, 1.82) is 0 Å². The van der Waals surface area contributed by atoms with Gasteiger partial charge in [0.25, 0.3) is 0 Å². The van der Waals surface area contributed by atoms with Crippen molar-refractivity contribution in [3.8, 4) is 5.75 Å². The van der Waals surface area contributed by atoms with Crippen LogP contribution in [-0.4, -0.2) is 44.2 Å². The first-order valence-corrected chi connectivity index (χ1v) is 9.47. The van der Waals surface area contributed by atoms with Crippen LogP contribution in [-0.2, 0) is 15.7 Å². The van der Waals surface area contributed by atoms with E-state index in [0.717, 1.165) is 17.7 Å². The lowest BCUT2D eigenvalue weighted by molar-refractivity contribution is -0.883. The lowest BCUT2D eigenvalue weighted by atomic mass is 10.1. The van der Waals surface area contributed by atoms with Crippen molar-refractivity contribution in [2.24, 2.45) is 0 Å². The highest BCUT2D eigenvalue weighted by Gasteiger charge is 2.30. The Labute approximate surface area is 169 Å². The molecule has 0 aliphatic rings. The standard InChI is InChI=1S/C22H27F3NO3/c1-4-28-21(27)16-26(2,3)15-14-20(17-8-6-5-7-9-17)29-19-12-10-18(11-13-19)22(23,24)25/h5-13,20H,4,14-16H2,1-3H3/q+1. The van der Waals surface area contributed by atoms with Crippen LogP contribution in [0.3, 0.4) is 0 Å². The minimum absolute atomic E-state index is 0.232. The van der Waals surface area contributed by atoms with Crippen LogP contribution in [0.2, 0.25) is 0 Å². The number of likely N-dealkylation sites (N-methyl/N-ethyl adjacent to an activating group) is 1. The van der Waals surface area contributed by atoms with E-state index in [4.69, 9.17) is 9.47 Å². The number of nitrogens with zero attached hydrogens (tertiary/aromatic N) is 1. The monoisotopic (exact) mass is 410 g/mol. The van der Waals surface area contributed by atoms with Gasteiger partial charge in [0, 0.05) is 6.42 Å². The van der Waals surface area contributed by atoms with Gasteiger partial charge in [0.15, 0.2) is 6.54 Å². The Morgan fingerprint density at radius 3 is 2.21 bits per heavy atom. The highest BCUT2D eigenvalue weighted by Crippen LogP contribution is 2.32. The minimum Gasteiger partial charge on any atom is -0.486 e. The van der Waals surface area contributed by atoms with Crippen LogP contribution in [0.5, 0.6) is 5.75 Å². The van der Waals surface area contributed by atoms with Gasteiger partial charge in [-0.15, -0.1) is 0 Å². The maximum absolute atomic E-state index is 12.8. The number of quaternary nitrogens is 1. The minimum atomic E-state index is -4.38. The van der Waals surface area contributed by atoms with Crippen LogP contribution in [0.1, 0.15) is 30.6 Å². The number of hydrogen-bond acceptors (Lipinski definition) is 3. The number of carbonyl (C=O) groups excluding carboxylic acids is 1. The van der Waals surface area contributed by atoms with Crippen LogP contribution in [0, 0.1) is 0 Å². The third kappa shape index (κ3) is 7.42. The van der Waals surface area contributed by atoms with Gasteiger partial charge in [-0.1, -0.05) is 30.3 Å². The molecule has 7 heteroatoms. The number of carbonyl (C=O) groups is 1. The predicted molar refractivity (Wildman–Crippen MR) is 104 cm³/mol. The Balaban J connectivity index is 2.11. The fraction of sp³-hybridized carbons (Fsp3) is 0.409. The normalized spacial score (nSPS) is 13.0. The second kappa shape index (κ2) is 9.78. The van der Waals surface area contributed by atoms with Crippen LogP contribution >= 0.6 is 0 Å². The second-order valence-electron chi connectivity index (χ2n) is 7.45. The molecule has 0 bridgehead atoms. The van der Waals surface area contributed by atoms with Crippen LogP contribution in [0.15, 0.2) is 54.6 Å². The van der Waals surface area contributed by atoms with Gasteiger partial charge >= 0.3 is 12.1 Å². The van der Waals surface area contributed by atoms with Crippen LogP contribution in [0.4, 0.5) is 13.2 Å². The molecular formula is C22H27F3NO3+. The summed E-state index contributed by atoms with van der Waals surface area (Å²) in [6.45, 7) is 2.96. The molecule has 1 atom stereocenters. The molecule has 0 aliphatic heterocycles. The summed E-state index contributed by atoms with van der Waals surface area (Å²) in [6.07, 6.45) is -4.16. The van der Waals surface area contributed by atoms with E-state index in [1.807, 2.05) is 44.4 Å². The summed E-state index contributed by atoms with van der Waals surface area (Å²) in [5, 5.41) is 0. The number of halogens is 3. The van der Waals surface area contributed by atoms with Crippen molar-refractivity contribution in [3.63, 3.8) is 0 Å². The lowest BCUT2D eigenvalue weighted by Gasteiger charge is -2.30. The van der Waals surface area contributed by atoms with Crippen molar-refractivity contribution in [1.82, 2.24) is 0 Å². The predicted octanol–water partition coefficient (Wildman–Crippen LogP) is 4.86. The van der Waals surface area contributed by atoms with Gasteiger partial charge in [-0.05, 0) is 36.8 Å². The second-order valence-corrected chi connectivity index (χ2v) is 7.45. The van der Waals surface area contributed by atoms with E-state index in [1.54, 1.807) is 6.92 Å². The zero-order valence-corrected chi connectivity index (χ0v) is 16.9. The first-order chi connectivity index (χ1) is 13.6. The fourth-order valence-electron chi connectivity index (χ4n) is 2.95. The summed E-state index contributed by atoms with van der Waals surface area (Å²) in [6, 6.07) is 14.2. The molecule has 0 saturated heterocycles. The molecule has 4 nitrogen and oxygen atoms in total. The third-order valence-electron chi connectivity index (χ3n) is 4.49. The maximum atomic E-state index is 12.8. The van der Waals surface area contributed by atoms with E-state index in [0.29, 0.717) is 29.8 Å². The first-order valence-electron chi connectivity index (χ1n) is 9.47. The number of ether oxygens (including phenoxy) is 2. The molecule has 0 saturated carbocycles. The molecule has 0 amide bonds. The Morgan fingerprint density at radius 2 is 1.66 bits per heavy atom. The number of benzene rings is 2. The quantitative estimate of drug-likeness (QED) is 0.438. The van der Waals surface area contributed by atoms with Crippen molar-refractivity contribution >= 4 is 5.97 Å². The summed E-state index contributed by atoms with van der Waals surface area (Å²) in [5.74, 6) is 0.0972. The molecule has 0 heterocycles. The molecule has 158 valence electrons. The zero-order chi connectivity index (χ0) is 21.5. The van der Waals surface area contributed by atoms with Crippen molar-refractivity contribution in [2.45, 2.75) is 25.6 Å². The van der Waals surface area contributed by atoms with E-state index in [9.17, 15) is 18.0 Å². The van der Waals surface area contributed by atoms with Crippen LogP contribution in [0.25, 0.3) is 0 Å². The van der Waals surface area contributed by atoms with Gasteiger partial charge in [-0.2, -0.15) is 13.2 Å². The SMILES string of the molecule is CCOC(=O)C[N+](C)(C)CCC(Oc1ccc(C(F)(F)F)cc1)c1ccccc1. The molecule has 0 fully saturated rings. The molecule has 2 aromatic carbocycles. The van der Waals surface area contributed by atoms with Gasteiger partial charge in [0.2, 0.25) is 0 Å². The summed E-state index contributed by atoms with van der Waals surface area (Å²) >= 11 is 0. The first kappa shape index (κ1) is 22.7. The molecule has 2 aromatic rings. The number of alkyl halides is 3. The summed E-state index contributed by atoms with van der Waals surface area (Å²) in [7, 11) is 3.86. The number of hydrogen-bond donors (Lipinski definition) is 0. The highest BCUT2D eigenvalue weighted by atomic mass is 19.4. The van der Waals surface area contributed by atoms with E-state index >= 15 is 0 Å². The van der Waals surface area contributed by atoms with Gasteiger partial charge in [0.05, 0.1) is 32.8 Å². The summed E-state index contributed by atoms with van der Waals surface area (Å²) in [4.78, 5) is 11.8. The molecule has 0 radical (unpaired) electrons. The zero-order valence-electron chi connectivity index (χ0n) is 16.9. The van der Waals surface area contributed by atoms with E-state index < -0.39 is 11.7 Å². The topological polar surface area (TPSA) is 35.5 Å². The van der Waals surface area contributed by atoms with Crippen LogP contribution < -0.4 is 4.74 Å². The summed E-state index contributed by atoms with van der Waals surface area (Å²) in [5.41, 5.74) is 0.205. The molecular weight excluding hydrogens is 383 g/mol. The van der Waals surface area contributed by atoms with Crippen molar-refractivity contribution < 1.29 is 31.9 Å². The fourth-order valence-corrected chi connectivity index (χ4v) is 2.95. The van der Waals surface area contributed by atoms with E-state index in [2.05, 4.69) is 0 Å². The Hall–Kier alpha value is -2.54. The van der Waals surface area contributed by atoms with Crippen molar-refractivity contribution in [2.75, 3.05) is 33.8 Å². The molecule has 0 spiro atoms. The third-order valence-corrected chi connectivity index (χ3v) is 4.49. The molecule has 29 heavy (non-hydrogen) atoms. The van der Waals surface area contributed by atoms with E-state index in [-0.39, 0.29) is 18.6 Å².